The Bertz CT molecular complexity index is 1820. The summed E-state index contributed by atoms with van der Waals surface area (Å²) in [4.78, 5) is 41.0. The van der Waals surface area contributed by atoms with Gasteiger partial charge in [0.25, 0.3) is 5.56 Å². The molecular formula is C25H22ClN7O3S. The molecule has 0 radical (unpaired) electrons. The van der Waals surface area contributed by atoms with Crippen LogP contribution in [0.5, 0.6) is 0 Å². The van der Waals surface area contributed by atoms with Crippen molar-refractivity contribution in [3.05, 3.63) is 85.5 Å². The lowest BCUT2D eigenvalue weighted by Crippen LogP contribution is -2.37. The third kappa shape index (κ3) is 3.77. The average Bonchev–Trinajstić information content (AvgIpc) is 3.60. The van der Waals surface area contributed by atoms with Gasteiger partial charge in [-0.05, 0) is 35.7 Å². The van der Waals surface area contributed by atoms with Crippen LogP contribution < -0.4 is 16.1 Å². The normalized spacial score (nSPS) is 13.1. The standard InChI is InChI=1S/C25H22ClN7O3S/c1-29-21-20(22(35)30(2)25(29)36)32(13-15-7-9-17(26)10-8-15)23-27-28-24(33(21)23)37-14-19(34)31-12-11-16-5-3-4-6-18(16)31/h3-10H,11-14H2,1-2H3. The fourth-order valence-corrected chi connectivity index (χ4v) is 5.78. The van der Waals surface area contributed by atoms with Crippen molar-refractivity contribution in [3.63, 3.8) is 0 Å². The Balaban J connectivity index is 1.43. The molecule has 188 valence electrons. The van der Waals surface area contributed by atoms with Crippen LogP contribution >= 0.6 is 23.4 Å². The molecule has 0 N–H and O–H groups in total. The van der Waals surface area contributed by atoms with Crippen molar-refractivity contribution in [2.45, 2.75) is 18.1 Å². The minimum Gasteiger partial charge on any atom is -0.311 e. The van der Waals surface area contributed by atoms with Gasteiger partial charge >= 0.3 is 5.69 Å². The van der Waals surface area contributed by atoms with Crippen molar-refractivity contribution in [2.75, 3.05) is 17.2 Å². The van der Waals surface area contributed by atoms with Crippen LogP contribution in [0, 0.1) is 0 Å². The second-order valence-electron chi connectivity index (χ2n) is 8.92. The smallest absolute Gasteiger partial charge is 0.311 e. The van der Waals surface area contributed by atoms with E-state index in [9.17, 15) is 14.4 Å². The molecule has 1 aliphatic heterocycles. The molecule has 0 atom stereocenters. The van der Waals surface area contributed by atoms with Gasteiger partial charge in [-0.1, -0.05) is 53.7 Å². The maximum absolute atomic E-state index is 13.3. The lowest BCUT2D eigenvalue weighted by molar-refractivity contribution is -0.116. The van der Waals surface area contributed by atoms with Crippen molar-refractivity contribution in [1.29, 1.82) is 0 Å². The number of thioether (sulfide) groups is 1. The third-order valence-electron chi connectivity index (χ3n) is 6.72. The van der Waals surface area contributed by atoms with E-state index >= 15 is 0 Å². The van der Waals surface area contributed by atoms with Gasteiger partial charge in [0.1, 0.15) is 0 Å². The number of carbonyl (C=O) groups is 1. The van der Waals surface area contributed by atoms with Gasteiger partial charge in [0.05, 0.1) is 12.3 Å². The highest BCUT2D eigenvalue weighted by atomic mass is 35.5. The summed E-state index contributed by atoms with van der Waals surface area (Å²) in [6.45, 7) is 0.961. The highest BCUT2D eigenvalue weighted by Gasteiger charge is 2.27. The quantitative estimate of drug-likeness (QED) is 0.321. The first-order valence-electron chi connectivity index (χ1n) is 11.6. The monoisotopic (exact) mass is 535 g/mol. The molecule has 1 amide bonds. The Hall–Kier alpha value is -3.83. The Morgan fingerprint density at radius 3 is 2.57 bits per heavy atom. The second-order valence-corrected chi connectivity index (χ2v) is 10.3. The number of benzene rings is 2. The maximum Gasteiger partial charge on any atom is 0.332 e. The molecule has 0 saturated carbocycles. The molecule has 2 aromatic carbocycles. The highest BCUT2D eigenvalue weighted by Crippen LogP contribution is 2.30. The number of hydrogen-bond acceptors (Lipinski definition) is 6. The zero-order chi connectivity index (χ0) is 25.8. The summed E-state index contributed by atoms with van der Waals surface area (Å²) < 4.78 is 5.92. The lowest BCUT2D eigenvalue weighted by atomic mass is 10.2. The Kier molecular flexibility index (Phi) is 5.68. The number of fused-ring (bicyclic) bond motifs is 4. The number of aryl methyl sites for hydroxylation is 1. The lowest BCUT2D eigenvalue weighted by Gasteiger charge is -2.16. The first-order chi connectivity index (χ1) is 17.8. The summed E-state index contributed by atoms with van der Waals surface area (Å²) in [6.07, 6.45) is 0.825. The van der Waals surface area contributed by atoms with Gasteiger partial charge in [0.2, 0.25) is 11.7 Å². The van der Waals surface area contributed by atoms with E-state index in [-0.39, 0.29) is 11.7 Å². The molecule has 4 heterocycles. The van der Waals surface area contributed by atoms with E-state index < -0.39 is 11.2 Å². The molecule has 0 spiro atoms. The SMILES string of the molecule is Cn1c(=O)c2c(n(C)c1=O)n1c(SCC(=O)N3CCc4ccccc43)nnc1n2Cc1ccc(Cl)cc1. The third-order valence-corrected chi connectivity index (χ3v) is 7.88. The van der Waals surface area contributed by atoms with Gasteiger partial charge in [-0.15, -0.1) is 10.2 Å². The van der Waals surface area contributed by atoms with Crippen LogP contribution in [-0.4, -0.2) is 46.5 Å². The first-order valence-corrected chi connectivity index (χ1v) is 13.0. The summed E-state index contributed by atoms with van der Waals surface area (Å²) in [6, 6.07) is 15.2. The van der Waals surface area contributed by atoms with Crippen molar-refractivity contribution in [3.8, 4) is 0 Å². The van der Waals surface area contributed by atoms with Crippen LogP contribution in [0.3, 0.4) is 0 Å². The molecule has 0 fully saturated rings. The van der Waals surface area contributed by atoms with Gasteiger partial charge < -0.3 is 4.90 Å². The summed E-state index contributed by atoms with van der Waals surface area (Å²) in [5.41, 5.74) is 2.80. The van der Waals surface area contributed by atoms with Crippen LogP contribution in [0.2, 0.25) is 5.02 Å². The topological polar surface area (TPSA) is 99.4 Å². The molecule has 5 aromatic rings. The highest BCUT2D eigenvalue weighted by molar-refractivity contribution is 7.99. The van der Waals surface area contributed by atoms with Gasteiger partial charge in [-0.25, -0.2) is 9.20 Å². The van der Waals surface area contributed by atoms with Crippen LogP contribution in [0.25, 0.3) is 16.9 Å². The van der Waals surface area contributed by atoms with Crippen LogP contribution in [0.15, 0.2) is 63.3 Å². The summed E-state index contributed by atoms with van der Waals surface area (Å²) in [7, 11) is 3.06. The van der Waals surface area contributed by atoms with Crippen molar-refractivity contribution in [1.82, 2.24) is 28.3 Å². The minimum atomic E-state index is -0.461. The predicted octanol–water partition coefficient (Wildman–Crippen LogP) is 2.46. The molecule has 0 bridgehead atoms. The van der Waals surface area contributed by atoms with Crippen LogP contribution in [0.4, 0.5) is 5.69 Å². The number of aromatic nitrogens is 6. The number of hydrogen-bond donors (Lipinski definition) is 0. The van der Waals surface area contributed by atoms with Gasteiger partial charge in [0, 0.05) is 31.4 Å². The molecule has 10 nitrogen and oxygen atoms in total. The first kappa shape index (κ1) is 23.6. The predicted molar refractivity (Wildman–Crippen MR) is 143 cm³/mol. The number of imidazole rings is 1. The number of nitrogens with zero attached hydrogens (tertiary/aromatic N) is 7. The van der Waals surface area contributed by atoms with Gasteiger partial charge in [0.15, 0.2) is 16.3 Å². The number of para-hydroxylation sites is 1. The molecule has 0 unspecified atom stereocenters. The number of anilines is 1. The maximum atomic E-state index is 13.3. The molecule has 1 aliphatic rings. The Morgan fingerprint density at radius 1 is 1.03 bits per heavy atom. The van der Waals surface area contributed by atoms with Crippen LogP contribution in [-0.2, 0) is 31.9 Å². The number of rotatable bonds is 5. The molecule has 0 saturated heterocycles. The van der Waals surface area contributed by atoms with Crippen molar-refractivity contribution in [2.24, 2.45) is 14.1 Å². The fraction of sp³-hybridized carbons (Fsp3) is 0.240. The van der Waals surface area contributed by atoms with Gasteiger partial charge in [-0.2, -0.15) is 0 Å². The average molecular weight is 536 g/mol. The zero-order valence-electron chi connectivity index (χ0n) is 20.1. The van der Waals surface area contributed by atoms with Gasteiger partial charge in [-0.3, -0.25) is 23.3 Å². The molecule has 12 heteroatoms. The van der Waals surface area contributed by atoms with E-state index in [1.165, 1.54) is 23.4 Å². The summed E-state index contributed by atoms with van der Waals surface area (Å²) in [5.74, 6) is 0.503. The van der Waals surface area contributed by atoms with E-state index in [0.717, 1.165) is 27.8 Å². The molecule has 6 rings (SSSR count). The summed E-state index contributed by atoms with van der Waals surface area (Å²) >= 11 is 7.28. The molecular weight excluding hydrogens is 514 g/mol. The number of halogens is 1. The Labute approximate surface area is 219 Å². The largest absolute Gasteiger partial charge is 0.332 e. The fourth-order valence-electron chi connectivity index (χ4n) is 4.85. The Morgan fingerprint density at radius 2 is 1.78 bits per heavy atom. The van der Waals surface area contributed by atoms with Crippen LogP contribution in [0.1, 0.15) is 11.1 Å². The number of carbonyl (C=O) groups excluding carboxylic acids is 1. The molecule has 3 aromatic heterocycles. The molecule has 37 heavy (non-hydrogen) atoms. The van der Waals surface area contributed by atoms with Crippen molar-refractivity contribution >= 4 is 51.9 Å². The summed E-state index contributed by atoms with van der Waals surface area (Å²) in [5, 5.41) is 9.73. The minimum absolute atomic E-state index is 0.0404. The van der Waals surface area contributed by atoms with E-state index in [1.54, 1.807) is 33.0 Å². The van der Waals surface area contributed by atoms with E-state index in [2.05, 4.69) is 10.2 Å². The molecule has 0 aliphatic carbocycles. The number of amides is 1. The van der Waals surface area contributed by atoms with E-state index in [0.29, 0.717) is 40.2 Å². The zero-order valence-corrected chi connectivity index (χ0v) is 21.7. The van der Waals surface area contributed by atoms with Crippen molar-refractivity contribution < 1.29 is 4.79 Å². The second kappa shape index (κ2) is 8.93. The van der Waals surface area contributed by atoms with E-state index in [4.69, 9.17) is 11.6 Å². The van der Waals surface area contributed by atoms with E-state index in [1.807, 2.05) is 36.4 Å².